The molecule has 0 bridgehead atoms. The van der Waals surface area contributed by atoms with Crippen molar-refractivity contribution in [1.82, 2.24) is 14.9 Å². The van der Waals surface area contributed by atoms with Gasteiger partial charge in [-0.3, -0.25) is 0 Å². The molecule has 2 atom stereocenters. The number of H-pyrrole nitrogens is 1. The first-order valence-electron chi connectivity index (χ1n) is 5.64. The Balaban J connectivity index is 2.07. The fourth-order valence-corrected chi connectivity index (χ4v) is 2.11. The number of hydrogen-bond donors (Lipinski definition) is 2. The molecule has 4 nitrogen and oxygen atoms in total. The lowest BCUT2D eigenvalue weighted by atomic mass is 10.1. The molecule has 0 aliphatic carbocycles. The predicted octanol–water partition coefficient (Wildman–Crippen LogP) is 0.891. The number of likely N-dealkylation sites (tertiary alicyclic amines) is 1. The third-order valence-corrected chi connectivity index (χ3v) is 3.27. The average molecular weight is 208 g/mol. The van der Waals surface area contributed by atoms with Crippen molar-refractivity contribution in [3.05, 3.63) is 17.7 Å². The molecular formula is C11H20N4. The number of aromatic amines is 1. The zero-order chi connectivity index (χ0) is 10.8. The molecule has 1 fully saturated rings. The second-order valence-electron chi connectivity index (χ2n) is 4.61. The summed E-state index contributed by atoms with van der Waals surface area (Å²) in [7, 11) is 2.17. The fraction of sp³-hybridized carbons (Fsp3) is 0.727. The smallest absolute Gasteiger partial charge is 0.110 e. The highest BCUT2D eigenvalue weighted by atomic mass is 15.1. The summed E-state index contributed by atoms with van der Waals surface area (Å²) in [4.78, 5) is 10.2. The van der Waals surface area contributed by atoms with Crippen LogP contribution in [0.3, 0.4) is 0 Å². The van der Waals surface area contributed by atoms with E-state index in [4.69, 9.17) is 5.73 Å². The zero-order valence-electron chi connectivity index (χ0n) is 9.53. The van der Waals surface area contributed by atoms with Crippen LogP contribution in [-0.4, -0.2) is 41.5 Å². The maximum absolute atomic E-state index is 5.62. The lowest BCUT2D eigenvalue weighted by Crippen LogP contribution is -2.13. The van der Waals surface area contributed by atoms with E-state index in [1.54, 1.807) is 0 Å². The summed E-state index contributed by atoms with van der Waals surface area (Å²) in [6, 6.07) is 0. The Labute approximate surface area is 90.9 Å². The Kier molecular flexibility index (Phi) is 3.07. The molecule has 2 rings (SSSR count). The third kappa shape index (κ3) is 2.21. The van der Waals surface area contributed by atoms with Crippen LogP contribution in [0.15, 0.2) is 6.20 Å². The second kappa shape index (κ2) is 4.33. The van der Waals surface area contributed by atoms with Crippen molar-refractivity contribution in [1.29, 1.82) is 0 Å². The van der Waals surface area contributed by atoms with Gasteiger partial charge in [-0.15, -0.1) is 0 Å². The van der Waals surface area contributed by atoms with Gasteiger partial charge in [0.25, 0.3) is 0 Å². The fourth-order valence-electron chi connectivity index (χ4n) is 2.11. The summed E-state index contributed by atoms with van der Waals surface area (Å²) in [5, 5.41) is 0. The highest BCUT2D eigenvalue weighted by molar-refractivity contribution is 5.12. The molecule has 1 aromatic heterocycles. The van der Waals surface area contributed by atoms with Crippen molar-refractivity contribution in [3.63, 3.8) is 0 Å². The van der Waals surface area contributed by atoms with Gasteiger partial charge in [-0.05, 0) is 20.0 Å². The van der Waals surface area contributed by atoms with E-state index in [0.29, 0.717) is 18.4 Å². The minimum atomic E-state index is 0.331. The van der Waals surface area contributed by atoms with Gasteiger partial charge in [0.05, 0.1) is 0 Å². The van der Waals surface area contributed by atoms with E-state index < -0.39 is 0 Å². The molecule has 1 aliphatic heterocycles. The van der Waals surface area contributed by atoms with Crippen LogP contribution in [0, 0.1) is 0 Å². The number of likely N-dealkylation sites (N-methyl/N-ethyl adjacent to an activating group) is 1. The lowest BCUT2D eigenvalue weighted by molar-refractivity contribution is 0.411. The van der Waals surface area contributed by atoms with E-state index >= 15 is 0 Å². The standard InChI is InChI=1S/C11H20N4/c1-8(5-12)11-13-6-10(14-11)9-3-4-15(2)7-9/h6,8-9H,3-5,7,12H2,1-2H3,(H,13,14). The monoisotopic (exact) mass is 208 g/mol. The molecule has 15 heavy (non-hydrogen) atoms. The number of nitrogens with one attached hydrogen (secondary N) is 1. The molecule has 0 saturated carbocycles. The highest BCUT2D eigenvalue weighted by Crippen LogP contribution is 2.25. The maximum atomic E-state index is 5.62. The summed E-state index contributed by atoms with van der Waals surface area (Å²) < 4.78 is 0. The van der Waals surface area contributed by atoms with Crippen molar-refractivity contribution in [2.45, 2.75) is 25.2 Å². The van der Waals surface area contributed by atoms with E-state index in [1.165, 1.54) is 18.7 Å². The largest absolute Gasteiger partial charge is 0.345 e. The Morgan fingerprint density at radius 2 is 2.53 bits per heavy atom. The summed E-state index contributed by atoms with van der Waals surface area (Å²) in [6.07, 6.45) is 3.21. The van der Waals surface area contributed by atoms with Crippen molar-refractivity contribution in [2.24, 2.45) is 5.73 Å². The number of hydrogen-bond acceptors (Lipinski definition) is 3. The van der Waals surface area contributed by atoms with E-state index in [0.717, 1.165) is 12.4 Å². The Hall–Kier alpha value is -0.870. The zero-order valence-corrected chi connectivity index (χ0v) is 9.53. The molecule has 0 aromatic carbocycles. The Bertz CT molecular complexity index is 320. The average Bonchev–Trinajstić information content (AvgIpc) is 2.84. The maximum Gasteiger partial charge on any atom is 0.110 e. The molecule has 0 amide bonds. The van der Waals surface area contributed by atoms with Crippen molar-refractivity contribution in [3.8, 4) is 0 Å². The first-order valence-corrected chi connectivity index (χ1v) is 5.64. The first-order chi connectivity index (χ1) is 7.20. The number of nitrogens with two attached hydrogens (primary N) is 1. The van der Waals surface area contributed by atoms with E-state index in [1.807, 2.05) is 6.20 Å². The van der Waals surface area contributed by atoms with Crippen LogP contribution in [0.1, 0.15) is 36.7 Å². The highest BCUT2D eigenvalue weighted by Gasteiger charge is 2.23. The lowest BCUT2D eigenvalue weighted by Gasteiger charge is -2.08. The van der Waals surface area contributed by atoms with Crippen molar-refractivity contribution >= 4 is 0 Å². The van der Waals surface area contributed by atoms with Crippen LogP contribution in [-0.2, 0) is 0 Å². The van der Waals surface area contributed by atoms with E-state index in [2.05, 4.69) is 28.8 Å². The first kappa shape index (κ1) is 10.6. The van der Waals surface area contributed by atoms with Gasteiger partial charge in [-0.2, -0.15) is 0 Å². The van der Waals surface area contributed by atoms with Gasteiger partial charge in [0.1, 0.15) is 5.82 Å². The van der Waals surface area contributed by atoms with Crippen molar-refractivity contribution < 1.29 is 0 Å². The molecule has 1 aliphatic rings. The normalized spacial score (nSPS) is 24.6. The molecule has 0 radical (unpaired) electrons. The molecule has 2 unspecified atom stereocenters. The van der Waals surface area contributed by atoms with Crippen LogP contribution >= 0.6 is 0 Å². The molecule has 1 aromatic rings. The Morgan fingerprint density at radius 1 is 1.73 bits per heavy atom. The third-order valence-electron chi connectivity index (χ3n) is 3.27. The minimum absolute atomic E-state index is 0.331. The van der Waals surface area contributed by atoms with Gasteiger partial charge < -0.3 is 15.6 Å². The van der Waals surface area contributed by atoms with Crippen LogP contribution < -0.4 is 5.73 Å². The van der Waals surface area contributed by atoms with E-state index in [-0.39, 0.29) is 0 Å². The van der Waals surface area contributed by atoms with Gasteiger partial charge in [-0.1, -0.05) is 6.92 Å². The molecule has 2 heterocycles. The topological polar surface area (TPSA) is 57.9 Å². The SMILES string of the molecule is CC(CN)c1ncc(C2CCN(C)C2)[nH]1. The predicted molar refractivity (Wildman–Crippen MR) is 60.9 cm³/mol. The summed E-state index contributed by atoms with van der Waals surface area (Å²) in [5.74, 6) is 1.99. The van der Waals surface area contributed by atoms with Crippen LogP contribution in [0.2, 0.25) is 0 Å². The van der Waals surface area contributed by atoms with Crippen LogP contribution in [0.25, 0.3) is 0 Å². The molecular weight excluding hydrogens is 188 g/mol. The van der Waals surface area contributed by atoms with Crippen molar-refractivity contribution in [2.75, 3.05) is 26.7 Å². The van der Waals surface area contributed by atoms with E-state index in [9.17, 15) is 0 Å². The summed E-state index contributed by atoms with van der Waals surface area (Å²) >= 11 is 0. The van der Waals surface area contributed by atoms with Gasteiger partial charge in [0.15, 0.2) is 0 Å². The van der Waals surface area contributed by atoms with Gasteiger partial charge in [0, 0.05) is 36.8 Å². The molecule has 1 saturated heterocycles. The number of nitrogens with zero attached hydrogens (tertiary/aromatic N) is 2. The van der Waals surface area contributed by atoms with Gasteiger partial charge >= 0.3 is 0 Å². The van der Waals surface area contributed by atoms with Crippen LogP contribution in [0.4, 0.5) is 0 Å². The summed E-state index contributed by atoms with van der Waals surface area (Å²) in [6.45, 7) is 5.07. The molecule has 3 N–H and O–H groups in total. The van der Waals surface area contributed by atoms with Gasteiger partial charge in [-0.25, -0.2) is 4.98 Å². The quantitative estimate of drug-likeness (QED) is 0.775. The number of rotatable bonds is 3. The molecule has 84 valence electrons. The number of aromatic nitrogens is 2. The molecule has 0 spiro atoms. The van der Waals surface area contributed by atoms with Crippen LogP contribution in [0.5, 0.6) is 0 Å². The summed E-state index contributed by atoms with van der Waals surface area (Å²) in [5.41, 5.74) is 6.89. The van der Waals surface area contributed by atoms with Gasteiger partial charge in [0.2, 0.25) is 0 Å². The second-order valence-corrected chi connectivity index (χ2v) is 4.61. The number of imidazole rings is 1. The molecule has 4 heteroatoms. The minimum Gasteiger partial charge on any atom is -0.345 e. The Morgan fingerprint density at radius 3 is 3.13 bits per heavy atom.